The second-order valence-electron chi connectivity index (χ2n) is 5.50. The molecule has 2 unspecified atom stereocenters. The Morgan fingerprint density at radius 3 is 2.94 bits per heavy atom. The summed E-state index contributed by atoms with van der Waals surface area (Å²) in [6.07, 6.45) is 2.70. The summed E-state index contributed by atoms with van der Waals surface area (Å²) >= 11 is 2.32. The van der Waals surface area contributed by atoms with Crippen molar-refractivity contribution in [1.29, 1.82) is 0 Å². The fourth-order valence-electron chi connectivity index (χ4n) is 3.31. The van der Waals surface area contributed by atoms with Crippen LogP contribution in [0, 0.1) is 3.57 Å². The fourth-order valence-corrected chi connectivity index (χ4v) is 3.83. The fraction of sp³-hybridized carbons (Fsp3) is 0.571. The zero-order valence-electron chi connectivity index (χ0n) is 10.8. The summed E-state index contributed by atoms with van der Waals surface area (Å²) in [5.41, 5.74) is 8.33. The Balaban J connectivity index is 1.86. The minimum atomic E-state index is 0.557. The second-order valence-corrected chi connectivity index (χ2v) is 6.74. The van der Waals surface area contributed by atoms with Crippen LogP contribution in [0.5, 0.6) is 0 Å². The molecule has 0 aromatic heterocycles. The number of nitrogens with zero attached hydrogens (tertiary/aromatic N) is 2. The highest BCUT2D eigenvalue weighted by molar-refractivity contribution is 14.1. The van der Waals surface area contributed by atoms with Crippen molar-refractivity contribution < 1.29 is 0 Å². The van der Waals surface area contributed by atoms with Crippen molar-refractivity contribution in [3.8, 4) is 0 Å². The van der Waals surface area contributed by atoms with Gasteiger partial charge in [-0.3, -0.25) is 4.90 Å². The lowest BCUT2D eigenvalue weighted by atomic mass is 10.1. The Morgan fingerprint density at radius 2 is 2.17 bits per heavy atom. The van der Waals surface area contributed by atoms with Crippen molar-refractivity contribution in [2.24, 2.45) is 0 Å². The van der Waals surface area contributed by atoms with Crippen LogP contribution >= 0.6 is 22.6 Å². The number of benzene rings is 1. The number of fused-ring (bicyclic) bond motifs is 1. The summed E-state index contributed by atoms with van der Waals surface area (Å²) in [6.45, 7) is 5.90. The van der Waals surface area contributed by atoms with Gasteiger partial charge in [0.15, 0.2) is 0 Å². The Morgan fingerprint density at radius 1 is 1.33 bits per heavy atom. The summed E-state index contributed by atoms with van der Waals surface area (Å²) in [5, 5.41) is 0. The van der Waals surface area contributed by atoms with Crippen molar-refractivity contribution in [2.45, 2.75) is 31.8 Å². The summed E-state index contributed by atoms with van der Waals surface area (Å²) in [4.78, 5) is 5.14. The highest BCUT2D eigenvalue weighted by atomic mass is 127. The first-order valence-electron chi connectivity index (χ1n) is 6.71. The molecule has 2 aliphatic rings. The van der Waals surface area contributed by atoms with Crippen LogP contribution in [0.4, 0.5) is 11.4 Å². The van der Waals surface area contributed by atoms with Crippen LogP contribution in [0.25, 0.3) is 0 Å². The molecule has 1 aromatic carbocycles. The van der Waals surface area contributed by atoms with Gasteiger partial charge in [0, 0.05) is 28.7 Å². The Labute approximate surface area is 122 Å². The van der Waals surface area contributed by atoms with Crippen LogP contribution < -0.4 is 10.6 Å². The molecule has 2 aliphatic heterocycles. The summed E-state index contributed by atoms with van der Waals surface area (Å²) in [5.74, 6) is 0. The van der Waals surface area contributed by atoms with E-state index in [-0.39, 0.29) is 0 Å². The normalized spacial score (nSPS) is 28.4. The minimum Gasteiger partial charge on any atom is -0.397 e. The number of rotatable bonds is 1. The van der Waals surface area contributed by atoms with Gasteiger partial charge in [-0.1, -0.05) is 0 Å². The molecular weight excluding hydrogens is 337 g/mol. The van der Waals surface area contributed by atoms with Gasteiger partial charge >= 0.3 is 0 Å². The van der Waals surface area contributed by atoms with Gasteiger partial charge in [0.05, 0.1) is 11.4 Å². The van der Waals surface area contributed by atoms with Crippen LogP contribution in [-0.2, 0) is 0 Å². The predicted octanol–water partition coefficient (Wildman–Crippen LogP) is 2.55. The van der Waals surface area contributed by atoms with E-state index in [0.29, 0.717) is 6.04 Å². The van der Waals surface area contributed by atoms with Gasteiger partial charge in [0.25, 0.3) is 0 Å². The third-order valence-electron chi connectivity index (χ3n) is 4.24. The standard InChI is InChI=1S/C14H20IN3/c1-10-8-17-6-2-3-12(17)9-18(10)14-5-4-11(15)7-13(14)16/h4-5,7,10,12H,2-3,6,8-9,16H2,1H3. The largest absolute Gasteiger partial charge is 0.397 e. The van der Waals surface area contributed by atoms with Gasteiger partial charge in [-0.25, -0.2) is 0 Å². The monoisotopic (exact) mass is 357 g/mol. The molecule has 2 atom stereocenters. The molecule has 4 heteroatoms. The first-order chi connectivity index (χ1) is 8.65. The van der Waals surface area contributed by atoms with Crippen LogP contribution in [0.15, 0.2) is 18.2 Å². The van der Waals surface area contributed by atoms with Gasteiger partial charge in [-0.05, 0) is 67.1 Å². The maximum Gasteiger partial charge on any atom is 0.0604 e. The first-order valence-corrected chi connectivity index (χ1v) is 7.79. The van der Waals surface area contributed by atoms with E-state index in [1.54, 1.807) is 0 Å². The Bertz CT molecular complexity index is 449. The van der Waals surface area contributed by atoms with Gasteiger partial charge in [0.1, 0.15) is 0 Å². The van der Waals surface area contributed by atoms with E-state index in [0.717, 1.165) is 18.3 Å². The zero-order valence-corrected chi connectivity index (χ0v) is 12.9. The van der Waals surface area contributed by atoms with Gasteiger partial charge < -0.3 is 10.6 Å². The molecule has 3 nitrogen and oxygen atoms in total. The molecule has 2 heterocycles. The highest BCUT2D eigenvalue weighted by Gasteiger charge is 2.34. The molecule has 0 bridgehead atoms. The van der Waals surface area contributed by atoms with E-state index in [2.05, 4.69) is 57.5 Å². The second kappa shape index (κ2) is 4.89. The van der Waals surface area contributed by atoms with Crippen molar-refractivity contribution in [3.63, 3.8) is 0 Å². The van der Waals surface area contributed by atoms with Crippen LogP contribution in [0.2, 0.25) is 0 Å². The number of hydrogen-bond acceptors (Lipinski definition) is 3. The first kappa shape index (κ1) is 12.5. The average Bonchev–Trinajstić information content (AvgIpc) is 2.75. The molecule has 1 aromatic rings. The molecule has 0 radical (unpaired) electrons. The molecule has 18 heavy (non-hydrogen) atoms. The van der Waals surface area contributed by atoms with Crippen molar-refractivity contribution in [1.82, 2.24) is 4.90 Å². The molecule has 0 amide bonds. The highest BCUT2D eigenvalue weighted by Crippen LogP contribution is 2.32. The number of halogens is 1. The van der Waals surface area contributed by atoms with Crippen LogP contribution in [0.1, 0.15) is 19.8 Å². The number of nitrogens with two attached hydrogens (primary N) is 1. The number of piperazine rings is 1. The maximum atomic E-state index is 6.19. The quantitative estimate of drug-likeness (QED) is 0.619. The number of nitrogen functional groups attached to an aromatic ring is 1. The molecule has 98 valence electrons. The lowest BCUT2D eigenvalue weighted by Crippen LogP contribution is -2.55. The van der Waals surface area contributed by atoms with E-state index >= 15 is 0 Å². The molecule has 2 fully saturated rings. The van der Waals surface area contributed by atoms with E-state index in [1.807, 2.05) is 0 Å². The number of hydrogen-bond donors (Lipinski definition) is 1. The van der Waals surface area contributed by atoms with Crippen LogP contribution in [-0.4, -0.2) is 36.6 Å². The maximum absolute atomic E-state index is 6.19. The average molecular weight is 357 g/mol. The summed E-state index contributed by atoms with van der Waals surface area (Å²) in [6, 6.07) is 7.70. The molecule has 0 saturated carbocycles. The summed E-state index contributed by atoms with van der Waals surface area (Å²) in [7, 11) is 0. The van der Waals surface area contributed by atoms with E-state index in [9.17, 15) is 0 Å². The lowest BCUT2D eigenvalue weighted by molar-refractivity contribution is 0.203. The molecule has 3 rings (SSSR count). The minimum absolute atomic E-state index is 0.557. The van der Waals surface area contributed by atoms with Crippen molar-refractivity contribution in [3.05, 3.63) is 21.8 Å². The smallest absolute Gasteiger partial charge is 0.0604 e. The predicted molar refractivity (Wildman–Crippen MR) is 85.0 cm³/mol. The van der Waals surface area contributed by atoms with Crippen molar-refractivity contribution >= 4 is 34.0 Å². The van der Waals surface area contributed by atoms with E-state index in [1.165, 1.54) is 35.2 Å². The van der Waals surface area contributed by atoms with Gasteiger partial charge in [-0.2, -0.15) is 0 Å². The van der Waals surface area contributed by atoms with E-state index in [4.69, 9.17) is 5.73 Å². The molecule has 0 spiro atoms. The molecule has 2 saturated heterocycles. The molecular formula is C14H20IN3. The molecule has 0 aliphatic carbocycles. The third kappa shape index (κ3) is 2.20. The number of anilines is 2. The SMILES string of the molecule is CC1CN2CCCC2CN1c1ccc(I)cc1N. The third-order valence-corrected chi connectivity index (χ3v) is 4.91. The zero-order chi connectivity index (χ0) is 12.7. The Kier molecular flexibility index (Phi) is 3.40. The van der Waals surface area contributed by atoms with E-state index < -0.39 is 0 Å². The lowest BCUT2D eigenvalue weighted by Gasteiger charge is -2.44. The van der Waals surface area contributed by atoms with Gasteiger partial charge in [0.2, 0.25) is 0 Å². The summed E-state index contributed by atoms with van der Waals surface area (Å²) < 4.78 is 1.21. The Hall–Kier alpha value is -0.490. The topological polar surface area (TPSA) is 32.5 Å². The molecule has 2 N–H and O–H groups in total. The van der Waals surface area contributed by atoms with Crippen LogP contribution in [0.3, 0.4) is 0 Å². The van der Waals surface area contributed by atoms with Gasteiger partial charge in [-0.15, -0.1) is 0 Å². The van der Waals surface area contributed by atoms with Crippen molar-refractivity contribution in [2.75, 3.05) is 30.3 Å².